The van der Waals surface area contributed by atoms with Crippen molar-refractivity contribution in [3.63, 3.8) is 0 Å². The largest absolute Gasteiger partial charge is 0.370 e. The van der Waals surface area contributed by atoms with Crippen molar-refractivity contribution in [3.05, 3.63) is 10.4 Å². The predicted molar refractivity (Wildman–Crippen MR) is 139 cm³/mol. The fourth-order valence-electron chi connectivity index (χ4n) is 4.00. The molecule has 2 amide bonds. The van der Waals surface area contributed by atoms with Gasteiger partial charge in [-0.1, -0.05) is 32.8 Å². The number of Topliss-reactive ketones (excluding diaryl/α,β-unsaturated/α-hetero) is 2. The summed E-state index contributed by atoms with van der Waals surface area (Å²) in [6.45, 7) is 9.55. The number of ketones is 2. The van der Waals surface area contributed by atoms with Gasteiger partial charge in [-0.3, -0.25) is 24.2 Å². The molecule has 13 nitrogen and oxygen atoms in total. The molecule has 0 bridgehead atoms. The highest BCUT2D eigenvalue weighted by molar-refractivity contribution is 5.98. The Morgan fingerprint density at radius 1 is 1.05 bits per heavy atom. The van der Waals surface area contributed by atoms with E-state index in [9.17, 15) is 19.2 Å². The molecule has 0 radical (unpaired) electrons. The molecule has 208 valence electrons. The van der Waals surface area contributed by atoms with Crippen LogP contribution in [0.5, 0.6) is 0 Å². The highest BCUT2D eigenvalue weighted by Crippen LogP contribution is 2.29. The van der Waals surface area contributed by atoms with Gasteiger partial charge in [-0.15, -0.1) is 0 Å². The van der Waals surface area contributed by atoms with Gasteiger partial charge < -0.3 is 26.8 Å². The lowest BCUT2D eigenvalue weighted by Gasteiger charge is -2.26. The van der Waals surface area contributed by atoms with E-state index in [1.165, 1.54) is 0 Å². The summed E-state index contributed by atoms with van der Waals surface area (Å²) in [7, 11) is 0. The van der Waals surface area contributed by atoms with Crippen molar-refractivity contribution in [2.45, 2.75) is 84.4 Å². The molecule has 4 atom stereocenters. The molecular formula is C24H42N8O5. The van der Waals surface area contributed by atoms with Crippen LogP contribution in [0.4, 0.5) is 0 Å². The summed E-state index contributed by atoms with van der Waals surface area (Å²) in [4.78, 5) is 58.2. The molecule has 0 spiro atoms. The van der Waals surface area contributed by atoms with Crippen molar-refractivity contribution in [2.75, 3.05) is 19.7 Å². The van der Waals surface area contributed by atoms with E-state index in [-0.39, 0.29) is 42.4 Å². The van der Waals surface area contributed by atoms with Crippen LogP contribution >= 0.6 is 0 Å². The van der Waals surface area contributed by atoms with Crippen LogP contribution in [0.3, 0.4) is 0 Å². The third-order valence-corrected chi connectivity index (χ3v) is 5.96. The Balaban J connectivity index is 3.00. The molecule has 1 rings (SSSR count). The maximum Gasteiger partial charge on any atom is 0.226 e. The van der Waals surface area contributed by atoms with E-state index in [1.807, 2.05) is 27.7 Å². The number of nitrogens with zero attached hydrogens (tertiary/aromatic N) is 4. The first-order chi connectivity index (χ1) is 17.3. The second-order valence-electron chi connectivity index (χ2n) is 10.5. The summed E-state index contributed by atoms with van der Waals surface area (Å²) in [5.41, 5.74) is 18.2. The molecular weight excluding hydrogens is 480 g/mol. The van der Waals surface area contributed by atoms with Gasteiger partial charge in [-0.25, -0.2) is 0 Å². The fraction of sp³-hybridized carbons (Fsp3) is 0.792. The van der Waals surface area contributed by atoms with Crippen molar-refractivity contribution in [2.24, 2.45) is 39.3 Å². The monoisotopic (exact) mass is 522 g/mol. The number of carbonyl (C=O) groups is 4. The van der Waals surface area contributed by atoms with E-state index in [0.29, 0.717) is 32.2 Å². The lowest BCUT2D eigenvalue weighted by atomic mass is 9.87. The zero-order chi connectivity index (χ0) is 28.2. The summed E-state index contributed by atoms with van der Waals surface area (Å²) >= 11 is 0. The second kappa shape index (κ2) is 15.2. The Morgan fingerprint density at radius 2 is 1.68 bits per heavy atom. The topological polar surface area (TPSA) is 218 Å². The average molecular weight is 523 g/mol. The maximum atomic E-state index is 13.4. The Morgan fingerprint density at radius 3 is 2.19 bits per heavy atom. The summed E-state index contributed by atoms with van der Waals surface area (Å²) in [6.07, 6.45) is 1.46. The SMILES string of the molecule is CC(C)C[C@H](CC(=O)[C@H](CC(C)C)NC(=O)CN=[N+]=[N-])C(=O)N[C@@H](CCCN=C(N)N)C(=O)[C@@]1(C)CO1. The molecule has 1 heterocycles. The van der Waals surface area contributed by atoms with E-state index in [4.69, 9.17) is 21.7 Å². The number of nitrogens with two attached hydrogens (primary N) is 2. The molecule has 0 unspecified atom stereocenters. The van der Waals surface area contributed by atoms with E-state index in [0.717, 1.165) is 0 Å². The smallest absolute Gasteiger partial charge is 0.226 e. The molecule has 1 aliphatic rings. The Bertz CT molecular complexity index is 890. The van der Waals surface area contributed by atoms with Gasteiger partial charge in [0.05, 0.1) is 18.7 Å². The highest BCUT2D eigenvalue weighted by Gasteiger charge is 2.50. The Kier molecular flexibility index (Phi) is 13.0. The van der Waals surface area contributed by atoms with Crippen molar-refractivity contribution < 1.29 is 23.9 Å². The molecule has 0 aliphatic carbocycles. The molecule has 1 fully saturated rings. The molecule has 37 heavy (non-hydrogen) atoms. The number of hydrogen-bond acceptors (Lipinski definition) is 7. The molecule has 1 saturated heterocycles. The zero-order valence-corrected chi connectivity index (χ0v) is 22.5. The zero-order valence-electron chi connectivity index (χ0n) is 22.5. The van der Waals surface area contributed by atoms with Gasteiger partial charge in [0.15, 0.2) is 17.5 Å². The van der Waals surface area contributed by atoms with Crippen LogP contribution in [0.1, 0.15) is 66.7 Å². The van der Waals surface area contributed by atoms with Crippen molar-refractivity contribution in [1.82, 2.24) is 10.6 Å². The number of aliphatic imine (C=N–C) groups is 1. The summed E-state index contributed by atoms with van der Waals surface area (Å²) in [5, 5.41) is 8.69. The van der Waals surface area contributed by atoms with E-state index in [2.05, 4.69) is 25.7 Å². The van der Waals surface area contributed by atoms with Gasteiger partial charge >= 0.3 is 0 Å². The van der Waals surface area contributed by atoms with Crippen LogP contribution in [0.2, 0.25) is 0 Å². The molecule has 1 aliphatic heterocycles. The Hall–Kier alpha value is -3.18. The predicted octanol–water partition coefficient (Wildman–Crippen LogP) is 1.35. The van der Waals surface area contributed by atoms with Gasteiger partial charge in [-0.05, 0) is 50.0 Å². The Labute approximate surface area is 218 Å². The molecule has 0 aromatic rings. The van der Waals surface area contributed by atoms with Crippen LogP contribution < -0.4 is 22.1 Å². The van der Waals surface area contributed by atoms with Gasteiger partial charge in [0.1, 0.15) is 12.1 Å². The van der Waals surface area contributed by atoms with Crippen LogP contribution in [-0.2, 0) is 23.9 Å². The van der Waals surface area contributed by atoms with E-state index < -0.39 is 42.0 Å². The standard InChI is InChI=1S/C24H42N8O5/c1-14(2)9-16(11-19(33)18(10-15(3)4)30-20(34)12-29-32-27)22(36)31-17(7-6-8-28-23(25)26)21(35)24(5)13-37-24/h14-18H,6-13H2,1-5H3,(H,30,34)(H,31,36)(H4,25,26,28)/t16-,17+,18+,24-/m1/s1. The van der Waals surface area contributed by atoms with Gasteiger partial charge in [-0.2, -0.15) is 0 Å². The normalized spacial score (nSPS) is 18.8. The number of ether oxygens (including phenoxy) is 1. The summed E-state index contributed by atoms with van der Waals surface area (Å²) in [5.74, 6) is -2.05. The molecule has 0 aromatic carbocycles. The summed E-state index contributed by atoms with van der Waals surface area (Å²) in [6, 6.07) is -1.63. The molecule has 0 aromatic heterocycles. The number of nitrogens with one attached hydrogen (secondary N) is 2. The first-order valence-corrected chi connectivity index (χ1v) is 12.7. The molecule has 13 heteroatoms. The minimum atomic E-state index is -0.935. The van der Waals surface area contributed by atoms with Crippen molar-refractivity contribution in [3.8, 4) is 0 Å². The third-order valence-electron chi connectivity index (χ3n) is 5.96. The van der Waals surface area contributed by atoms with E-state index >= 15 is 0 Å². The summed E-state index contributed by atoms with van der Waals surface area (Å²) < 4.78 is 5.30. The number of hydrogen-bond donors (Lipinski definition) is 4. The molecule has 6 N–H and O–H groups in total. The van der Waals surface area contributed by atoms with Gasteiger partial charge in [0, 0.05) is 23.8 Å². The number of amides is 2. The number of carbonyl (C=O) groups excluding carboxylic acids is 4. The second-order valence-corrected chi connectivity index (χ2v) is 10.5. The van der Waals surface area contributed by atoms with Crippen molar-refractivity contribution in [1.29, 1.82) is 0 Å². The quantitative estimate of drug-likeness (QED) is 0.0393. The first-order valence-electron chi connectivity index (χ1n) is 12.7. The average Bonchev–Trinajstić information content (AvgIpc) is 3.55. The van der Waals surface area contributed by atoms with Gasteiger partial charge in [0.25, 0.3) is 0 Å². The minimum absolute atomic E-state index is 0.0534. The first kappa shape index (κ1) is 31.8. The number of azide groups is 1. The lowest BCUT2D eigenvalue weighted by Crippen LogP contribution is -2.49. The van der Waals surface area contributed by atoms with Crippen LogP contribution in [0, 0.1) is 17.8 Å². The number of rotatable bonds is 18. The highest BCUT2D eigenvalue weighted by atomic mass is 16.6. The van der Waals surface area contributed by atoms with E-state index in [1.54, 1.807) is 6.92 Å². The third kappa shape index (κ3) is 12.1. The lowest BCUT2D eigenvalue weighted by molar-refractivity contribution is -0.135. The van der Waals surface area contributed by atoms with Gasteiger partial charge in [0.2, 0.25) is 11.8 Å². The number of epoxide rings is 1. The van der Waals surface area contributed by atoms with Crippen LogP contribution in [0.15, 0.2) is 10.1 Å². The minimum Gasteiger partial charge on any atom is -0.370 e. The maximum absolute atomic E-state index is 13.4. The van der Waals surface area contributed by atoms with Crippen LogP contribution in [-0.4, -0.2) is 66.7 Å². The molecule has 0 saturated carbocycles. The van der Waals surface area contributed by atoms with Crippen LogP contribution in [0.25, 0.3) is 10.4 Å². The number of guanidine groups is 1. The fourth-order valence-corrected chi connectivity index (χ4v) is 4.00. The van der Waals surface area contributed by atoms with Crippen molar-refractivity contribution >= 4 is 29.3 Å².